The third kappa shape index (κ3) is 2.38. The Labute approximate surface area is 122 Å². The molecule has 2 aromatic rings. The highest BCUT2D eigenvalue weighted by atomic mass is 16.5. The van der Waals surface area contributed by atoms with Gasteiger partial charge < -0.3 is 20.1 Å². The van der Waals surface area contributed by atoms with Crippen molar-refractivity contribution >= 4 is 5.97 Å². The molecule has 0 bridgehead atoms. The monoisotopic (exact) mass is 287 g/mol. The molecular formula is C15H17N3O3. The van der Waals surface area contributed by atoms with Gasteiger partial charge in [-0.05, 0) is 18.6 Å². The number of carboxylic acid groups (broad SMARTS) is 1. The number of rotatable bonds is 3. The van der Waals surface area contributed by atoms with Gasteiger partial charge in [0.25, 0.3) is 0 Å². The zero-order valence-electron chi connectivity index (χ0n) is 11.7. The number of ether oxygens (including phenoxy) is 1. The number of aromatic nitrogens is 2. The molecule has 1 aromatic heterocycles. The highest BCUT2D eigenvalue weighted by Crippen LogP contribution is 2.29. The number of carbonyl (C=O) groups is 1. The summed E-state index contributed by atoms with van der Waals surface area (Å²) in [5.74, 6) is 0.365. The van der Waals surface area contributed by atoms with Crippen LogP contribution in [0.25, 0.3) is 11.4 Å². The molecule has 0 spiro atoms. The predicted molar refractivity (Wildman–Crippen MR) is 77.5 cm³/mol. The number of benzene rings is 1. The van der Waals surface area contributed by atoms with Gasteiger partial charge in [0.2, 0.25) is 0 Å². The number of hydrogen-bond donors (Lipinski definition) is 2. The second-order valence-corrected chi connectivity index (χ2v) is 5.17. The van der Waals surface area contributed by atoms with E-state index in [1.54, 1.807) is 7.11 Å². The largest absolute Gasteiger partial charge is 0.497 e. The fourth-order valence-corrected chi connectivity index (χ4v) is 2.73. The molecule has 0 amide bonds. The smallest absolute Gasteiger partial charge is 0.356 e. The molecule has 0 saturated heterocycles. The summed E-state index contributed by atoms with van der Waals surface area (Å²) in [6, 6.07) is 7.46. The number of fused-ring (bicyclic) bond motifs is 1. The molecule has 1 aliphatic rings. The molecule has 6 heteroatoms. The summed E-state index contributed by atoms with van der Waals surface area (Å²) in [4.78, 5) is 15.7. The predicted octanol–water partition coefficient (Wildman–Crippen LogP) is 1.53. The van der Waals surface area contributed by atoms with E-state index in [1.165, 1.54) is 0 Å². The summed E-state index contributed by atoms with van der Waals surface area (Å²) < 4.78 is 7.18. The SMILES string of the molecule is COc1cccc(-c2nc(C(=O)O)c3n2CCC(N)C3)c1. The van der Waals surface area contributed by atoms with Crippen molar-refractivity contribution in [2.75, 3.05) is 7.11 Å². The second-order valence-electron chi connectivity index (χ2n) is 5.17. The van der Waals surface area contributed by atoms with E-state index in [2.05, 4.69) is 4.98 Å². The fraction of sp³-hybridized carbons (Fsp3) is 0.333. The standard InChI is InChI=1S/C15H17N3O3/c1-21-11-4-2-3-9(7-11)14-17-13(15(19)20)12-8-10(16)5-6-18(12)14/h2-4,7,10H,5-6,8,16H2,1H3,(H,19,20). The topological polar surface area (TPSA) is 90.4 Å². The lowest BCUT2D eigenvalue weighted by atomic mass is 10.0. The van der Waals surface area contributed by atoms with Gasteiger partial charge in [-0.3, -0.25) is 0 Å². The van der Waals surface area contributed by atoms with Crippen LogP contribution in [0, 0.1) is 0 Å². The zero-order valence-corrected chi connectivity index (χ0v) is 11.7. The fourth-order valence-electron chi connectivity index (χ4n) is 2.73. The van der Waals surface area contributed by atoms with Crippen molar-refractivity contribution in [3.05, 3.63) is 35.7 Å². The lowest BCUT2D eigenvalue weighted by molar-refractivity contribution is 0.0689. The number of hydrogen-bond acceptors (Lipinski definition) is 4. The van der Waals surface area contributed by atoms with Crippen molar-refractivity contribution in [1.82, 2.24) is 9.55 Å². The van der Waals surface area contributed by atoms with Crippen LogP contribution in [0.5, 0.6) is 5.75 Å². The molecular weight excluding hydrogens is 270 g/mol. The zero-order chi connectivity index (χ0) is 15.0. The maximum Gasteiger partial charge on any atom is 0.356 e. The maximum atomic E-state index is 11.4. The molecule has 110 valence electrons. The van der Waals surface area contributed by atoms with Crippen LogP contribution in [-0.4, -0.2) is 33.8 Å². The Morgan fingerprint density at radius 3 is 3.05 bits per heavy atom. The van der Waals surface area contributed by atoms with E-state index in [1.807, 2.05) is 28.8 Å². The third-order valence-corrected chi connectivity index (χ3v) is 3.78. The van der Waals surface area contributed by atoms with Gasteiger partial charge in [0.15, 0.2) is 5.69 Å². The molecule has 6 nitrogen and oxygen atoms in total. The average Bonchev–Trinajstić information content (AvgIpc) is 2.86. The van der Waals surface area contributed by atoms with Crippen LogP contribution in [0.4, 0.5) is 0 Å². The Balaban J connectivity index is 2.14. The summed E-state index contributed by atoms with van der Waals surface area (Å²) >= 11 is 0. The highest BCUT2D eigenvalue weighted by molar-refractivity contribution is 5.88. The van der Waals surface area contributed by atoms with Crippen LogP contribution < -0.4 is 10.5 Å². The van der Waals surface area contributed by atoms with E-state index in [9.17, 15) is 9.90 Å². The molecule has 2 heterocycles. The van der Waals surface area contributed by atoms with Gasteiger partial charge in [-0.25, -0.2) is 9.78 Å². The van der Waals surface area contributed by atoms with E-state index in [-0.39, 0.29) is 11.7 Å². The Morgan fingerprint density at radius 2 is 2.33 bits per heavy atom. The van der Waals surface area contributed by atoms with E-state index < -0.39 is 5.97 Å². The number of aromatic carboxylic acids is 1. The van der Waals surface area contributed by atoms with E-state index in [0.29, 0.717) is 30.2 Å². The van der Waals surface area contributed by atoms with Gasteiger partial charge in [-0.2, -0.15) is 0 Å². The first-order valence-corrected chi connectivity index (χ1v) is 6.83. The van der Waals surface area contributed by atoms with Gasteiger partial charge in [0.1, 0.15) is 11.6 Å². The number of methoxy groups -OCH3 is 1. The lowest BCUT2D eigenvalue weighted by Gasteiger charge is -2.22. The first kappa shape index (κ1) is 13.6. The number of carboxylic acids is 1. The van der Waals surface area contributed by atoms with Crippen molar-refractivity contribution in [2.45, 2.75) is 25.4 Å². The molecule has 0 saturated carbocycles. The minimum Gasteiger partial charge on any atom is -0.497 e. The lowest BCUT2D eigenvalue weighted by Crippen LogP contribution is -2.31. The Morgan fingerprint density at radius 1 is 1.52 bits per heavy atom. The van der Waals surface area contributed by atoms with Crippen LogP contribution in [0.2, 0.25) is 0 Å². The Kier molecular flexibility index (Phi) is 3.39. The van der Waals surface area contributed by atoms with Crippen molar-refractivity contribution in [2.24, 2.45) is 5.73 Å². The summed E-state index contributed by atoms with van der Waals surface area (Å²) in [5, 5.41) is 9.35. The summed E-state index contributed by atoms with van der Waals surface area (Å²) in [6.45, 7) is 0.684. The third-order valence-electron chi connectivity index (χ3n) is 3.78. The first-order chi connectivity index (χ1) is 10.1. The Hall–Kier alpha value is -2.34. The molecule has 1 aromatic carbocycles. The molecule has 0 aliphatic carbocycles. The number of nitrogens with two attached hydrogens (primary N) is 1. The van der Waals surface area contributed by atoms with E-state index in [4.69, 9.17) is 10.5 Å². The van der Waals surface area contributed by atoms with Gasteiger partial charge in [0, 0.05) is 24.6 Å². The van der Waals surface area contributed by atoms with Crippen LogP contribution >= 0.6 is 0 Å². The highest BCUT2D eigenvalue weighted by Gasteiger charge is 2.27. The molecule has 3 rings (SSSR count). The minimum absolute atomic E-state index is 0.00883. The van der Waals surface area contributed by atoms with Crippen molar-refractivity contribution in [1.29, 1.82) is 0 Å². The molecule has 0 radical (unpaired) electrons. The molecule has 0 fully saturated rings. The molecule has 1 aliphatic heterocycles. The average molecular weight is 287 g/mol. The molecule has 1 unspecified atom stereocenters. The minimum atomic E-state index is -1.01. The summed E-state index contributed by atoms with van der Waals surface area (Å²) in [6.07, 6.45) is 1.36. The number of imidazole rings is 1. The van der Waals surface area contributed by atoms with E-state index in [0.717, 1.165) is 12.0 Å². The van der Waals surface area contributed by atoms with Gasteiger partial charge >= 0.3 is 5.97 Å². The van der Waals surface area contributed by atoms with Crippen LogP contribution in [0.1, 0.15) is 22.6 Å². The summed E-state index contributed by atoms with van der Waals surface area (Å²) in [5.41, 5.74) is 7.61. The van der Waals surface area contributed by atoms with Crippen molar-refractivity contribution < 1.29 is 14.6 Å². The molecule has 3 N–H and O–H groups in total. The maximum absolute atomic E-state index is 11.4. The van der Waals surface area contributed by atoms with Crippen LogP contribution in [0.3, 0.4) is 0 Å². The summed E-state index contributed by atoms with van der Waals surface area (Å²) in [7, 11) is 1.60. The second kappa shape index (κ2) is 5.21. The quantitative estimate of drug-likeness (QED) is 0.893. The van der Waals surface area contributed by atoms with Crippen molar-refractivity contribution in [3.8, 4) is 17.1 Å². The van der Waals surface area contributed by atoms with Crippen LogP contribution in [-0.2, 0) is 13.0 Å². The molecule has 1 atom stereocenters. The van der Waals surface area contributed by atoms with E-state index >= 15 is 0 Å². The molecule has 21 heavy (non-hydrogen) atoms. The van der Waals surface area contributed by atoms with Gasteiger partial charge in [-0.1, -0.05) is 12.1 Å². The van der Waals surface area contributed by atoms with Gasteiger partial charge in [0.05, 0.1) is 12.8 Å². The Bertz CT molecular complexity index is 693. The van der Waals surface area contributed by atoms with Crippen LogP contribution in [0.15, 0.2) is 24.3 Å². The van der Waals surface area contributed by atoms with Crippen molar-refractivity contribution in [3.63, 3.8) is 0 Å². The normalized spacial score (nSPS) is 17.3. The van der Waals surface area contributed by atoms with Gasteiger partial charge in [-0.15, -0.1) is 0 Å². The number of nitrogens with zero attached hydrogens (tertiary/aromatic N) is 2. The first-order valence-electron chi connectivity index (χ1n) is 6.83.